The number of sulfonamides is 1. The maximum Gasteiger partial charge on any atom is 0.264 e. The summed E-state index contributed by atoms with van der Waals surface area (Å²) in [5.41, 5.74) is 3.23. The SMILES string of the molecule is CCN(c1ccc(OCC(=O)Nc2ccccc2C)cc1)S(=O)(=O)c1ccc(C)cc1. The Bertz CT molecular complexity index is 1140. The third-order valence-electron chi connectivity index (χ3n) is 4.81. The number of carbonyl (C=O) groups excluding carboxylic acids is 1. The third kappa shape index (κ3) is 5.44. The highest BCUT2D eigenvalue weighted by Crippen LogP contribution is 2.26. The van der Waals surface area contributed by atoms with Crippen molar-refractivity contribution in [1.82, 2.24) is 0 Å². The van der Waals surface area contributed by atoms with Crippen molar-refractivity contribution in [1.29, 1.82) is 0 Å². The molecule has 3 aromatic rings. The summed E-state index contributed by atoms with van der Waals surface area (Å²) in [6.07, 6.45) is 0. The molecule has 31 heavy (non-hydrogen) atoms. The van der Waals surface area contributed by atoms with Crippen LogP contribution in [0.1, 0.15) is 18.1 Å². The van der Waals surface area contributed by atoms with Crippen molar-refractivity contribution in [2.45, 2.75) is 25.7 Å². The number of hydrogen-bond donors (Lipinski definition) is 1. The van der Waals surface area contributed by atoms with E-state index in [-0.39, 0.29) is 24.0 Å². The predicted molar refractivity (Wildman–Crippen MR) is 123 cm³/mol. The van der Waals surface area contributed by atoms with Gasteiger partial charge in [0.15, 0.2) is 6.61 Å². The van der Waals surface area contributed by atoms with Gasteiger partial charge in [-0.15, -0.1) is 0 Å². The Kier molecular flexibility index (Phi) is 6.97. The fraction of sp³-hybridized carbons (Fsp3) is 0.208. The number of benzene rings is 3. The minimum absolute atomic E-state index is 0.146. The molecule has 0 aromatic heterocycles. The first-order valence-electron chi connectivity index (χ1n) is 9.99. The molecule has 0 bridgehead atoms. The Labute approximate surface area is 183 Å². The van der Waals surface area contributed by atoms with Gasteiger partial charge in [-0.3, -0.25) is 9.10 Å². The first kappa shape index (κ1) is 22.4. The zero-order valence-corrected chi connectivity index (χ0v) is 18.6. The summed E-state index contributed by atoms with van der Waals surface area (Å²) in [6, 6.07) is 20.9. The van der Waals surface area contributed by atoms with Gasteiger partial charge in [0.25, 0.3) is 15.9 Å². The maximum absolute atomic E-state index is 13.0. The molecule has 0 fully saturated rings. The van der Waals surface area contributed by atoms with Crippen molar-refractivity contribution < 1.29 is 17.9 Å². The highest BCUT2D eigenvalue weighted by molar-refractivity contribution is 7.92. The van der Waals surface area contributed by atoms with Gasteiger partial charge >= 0.3 is 0 Å². The maximum atomic E-state index is 13.0. The fourth-order valence-corrected chi connectivity index (χ4v) is 4.56. The molecule has 1 amide bonds. The van der Waals surface area contributed by atoms with Crippen LogP contribution in [0.5, 0.6) is 5.75 Å². The number of ether oxygens (including phenoxy) is 1. The smallest absolute Gasteiger partial charge is 0.264 e. The van der Waals surface area contributed by atoms with Crippen LogP contribution in [0.4, 0.5) is 11.4 Å². The molecule has 1 N–H and O–H groups in total. The normalized spacial score (nSPS) is 11.1. The van der Waals surface area contributed by atoms with Gasteiger partial charge in [0.1, 0.15) is 5.75 Å². The molecule has 6 nitrogen and oxygen atoms in total. The Morgan fingerprint density at radius 1 is 0.935 bits per heavy atom. The van der Waals surface area contributed by atoms with E-state index in [1.54, 1.807) is 55.5 Å². The lowest BCUT2D eigenvalue weighted by Crippen LogP contribution is -2.30. The molecular formula is C24H26N2O4S. The van der Waals surface area contributed by atoms with Crippen LogP contribution in [0.15, 0.2) is 77.7 Å². The van der Waals surface area contributed by atoms with Crippen molar-refractivity contribution in [3.8, 4) is 5.75 Å². The number of rotatable bonds is 8. The van der Waals surface area contributed by atoms with Gasteiger partial charge in [0.05, 0.1) is 10.6 Å². The van der Waals surface area contributed by atoms with Crippen molar-refractivity contribution in [3.05, 3.63) is 83.9 Å². The summed E-state index contributed by atoms with van der Waals surface area (Å²) in [6.45, 7) is 5.75. The number of anilines is 2. The standard InChI is InChI=1S/C24H26N2O4S/c1-4-26(31(28,29)22-15-9-18(2)10-16-22)20-11-13-21(14-12-20)30-17-24(27)25-23-8-6-5-7-19(23)3/h5-16H,4,17H2,1-3H3,(H,25,27). The van der Waals surface area contributed by atoms with Crippen LogP contribution in [-0.2, 0) is 14.8 Å². The van der Waals surface area contributed by atoms with E-state index in [0.717, 1.165) is 16.8 Å². The molecule has 0 aliphatic carbocycles. The molecule has 0 aliphatic rings. The van der Waals surface area contributed by atoms with E-state index in [1.165, 1.54) is 4.31 Å². The molecule has 0 heterocycles. The summed E-state index contributed by atoms with van der Waals surface area (Å²) >= 11 is 0. The lowest BCUT2D eigenvalue weighted by Gasteiger charge is -2.23. The second-order valence-corrected chi connectivity index (χ2v) is 8.99. The molecule has 0 unspecified atom stereocenters. The van der Waals surface area contributed by atoms with E-state index in [4.69, 9.17) is 4.74 Å². The van der Waals surface area contributed by atoms with E-state index in [2.05, 4.69) is 5.32 Å². The molecule has 0 saturated heterocycles. The molecule has 162 valence electrons. The van der Waals surface area contributed by atoms with Crippen molar-refractivity contribution in [2.24, 2.45) is 0 Å². The molecule has 3 rings (SSSR count). The van der Waals surface area contributed by atoms with E-state index in [1.807, 2.05) is 38.1 Å². The van der Waals surface area contributed by atoms with Gasteiger partial charge in [-0.05, 0) is 68.8 Å². The summed E-state index contributed by atoms with van der Waals surface area (Å²) in [5.74, 6) is 0.211. The molecule has 0 atom stereocenters. The van der Waals surface area contributed by atoms with Crippen LogP contribution >= 0.6 is 0 Å². The average molecular weight is 439 g/mol. The Morgan fingerprint density at radius 3 is 2.19 bits per heavy atom. The first-order chi connectivity index (χ1) is 14.8. The second-order valence-electron chi connectivity index (χ2n) is 7.13. The Balaban J connectivity index is 1.66. The van der Waals surface area contributed by atoms with Crippen LogP contribution in [0, 0.1) is 13.8 Å². The molecular weight excluding hydrogens is 412 g/mol. The zero-order valence-electron chi connectivity index (χ0n) is 17.8. The lowest BCUT2D eigenvalue weighted by atomic mass is 10.2. The van der Waals surface area contributed by atoms with Gasteiger partial charge in [-0.2, -0.15) is 0 Å². The molecule has 0 radical (unpaired) electrons. The van der Waals surface area contributed by atoms with E-state index < -0.39 is 10.0 Å². The number of hydrogen-bond acceptors (Lipinski definition) is 4. The zero-order chi connectivity index (χ0) is 22.4. The molecule has 3 aromatic carbocycles. The van der Waals surface area contributed by atoms with Crippen molar-refractivity contribution >= 4 is 27.3 Å². The predicted octanol–water partition coefficient (Wildman–Crippen LogP) is 4.54. The monoisotopic (exact) mass is 438 g/mol. The number of nitrogens with zero attached hydrogens (tertiary/aromatic N) is 1. The molecule has 7 heteroatoms. The number of nitrogens with one attached hydrogen (secondary N) is 1. The lowest BCUT2D eigenvalue weighted by molar-refractivity contribution is -0.118. The van der Waals surface area contributed by atoms with Crippen molar-refractivity contribution in [3.63, 3.8) is 0 Å². The van der Waals surface area contributed by atoms with Gasteiger partial charge in [-0.25, -0.2) is 8.42 Å². The second kappa shape index (κ2) is 9.66. The van der Waals surface area contributed by atoms with E-state index in [0.29, 0.717) is 11.4 Å². The minimum Gasteiger partial charge on any atom is -0.484 e. The summed E-state index contributed by atoms with van der Waals surface area (Å²) in [7, 11) is -3.67. The quantitative estimate of drug-likeness (QED) is 0.560. The number of para-hydroxylation sites is 1. The summed E-state index contributed by atoms with van der Waals surface area (Å²) in [4.78, 5) is 12.4. The van der Waals surface area contributed by atoms with Crippen LogP contribution in [0.2, 0.25) is 0 Å². The largest absolute Gasteiger partial charge is 0.484 e. The Morgan fingerprint density at radius 2 is 1.58 bits per heavy atom. The Hall–Kier alpha value is -3.32. The summed E-state index contributed by atoms with van der Waals surface area (Å²) < 4.78 is 32.9. The number of aryl methyl sites for hydroxylation is 2. The van der Waals surface area contributed by atoms with E-state index >= 15 is 0 Å². The first-order valence-corrected chi connectivity index (χ1v) is 11.4. The van der Waals surface area contributed by atoms with E-state index in [9.17, 15) is 13.2 Å². The van der Waals surface area contributed by atoms with Gasteiger partial charge in [0.2, 0.25) is 0 Å². The minimum atomic E-state index is -3.67. The third-order valence-corrected chi connectivity index (χ3v) is 6.73. The topological polar surface area (TPSA) is 75.7 Å². The highest BCUT2D eigenvalue weighted by Gasteiger charge is 2.23. The molecule has 0 saturated carbocycles. The van der Waals surface area contributed by atoms with Gasteiger partial charge in [0, 0.05) is 12.2 Å². The van der Waals surface area contributed by atoms with Crippen molar-refractivity contribution in [2.75, 3.05) is 22.8 Å². The number of carbonyl (C=O) groups is 1. The van der Waals surface area contributed by atoms with Gasteiger partial charge in [-0.1, -0.05) is 35.9 Å². The van der Waals surface area contributed by atoms with Gasteiger partial charge < -0.3 is 10.1 Å². The van der Waals surface area contributed by atoms with Crippen LogP contribution in [-0.4, -0.2) is 27.5 Å². The number of amides is 1. The highest BCUT2D eigenvalue weighted by atomic mass is 32.2. The molecule has 0 aliphatic heterocycles. The van der Waals surface area contributed by atoms with Crippen LogP contribution in [0.25, 0.3) is 0 Å². The fourth-order valence-electron chi connectivity index (χ4n) is 3.09. The van der Waals surface area contributed by atoms with Crippen LogP contribution in [0.3, 0.4) is 0 Å². The molecule has 0 spiro atoms. The van der Waals surface area contributed by atoms with Crippen LogP contribution < -0.4 is 14.4 Å². The average Bonchev–Trinajstić information content (AvgIpc) is 2.75. The summed E-state index contributed by atoms with van der Waals surface area (Å²) in [5, 5.41) is 2.81.